The number of hydrogen-bond donors (Lipinski definition) is 1. The van der Waals surface area contributed by atoms with E-state index >= 15 is 0 Å². The molecule has 0 aliphatic heterocycles. The van der Waals surface area contributed by atoms with Crippen molar-refractivity contribution >= 4 is 0 Å². The number of nitrogens with zero attached hydrogens (tertiary/aromatic N) is 1. The Hall–Kier alpha value is -1.94. The van der Waals surface area contributed by atoms with Crippen LogP contribution in [-0.2, 0) is 6.61 Å². The summed E-state index contributed by atoms with van der Waals surface area (Å²) in [7, 11) is 1.51. The highest BCUT2D eigenvalue weighted by Gasteiger charge is 2.10. The smallest absolute Gasteiger partial charge is 0.143 e. The van der Waals surface area contributed by atoms with E-state index in [-0.39, 0.29) is 12.4 Å². The third kappa shape index (κ3) is 2.26. The number of aromatic nitrogens is 1. The van der Waals surface area contributed by atoms with Crippen LogP contribution in [0.5, 0.6) is 5.75 Å². The Morgan fingerprint density at radius 1 is 1.35 bits per heavy atom. The van der Waals surface area contributed by atoms with Crippen LogP contribution in [0.4, 0.5) is 4.39 Å². The molecule has 0 atom stereocenters. The van der Waals surface area contributed by atoms with Crippen molar-refractivity contribution in [1.82, 2.24) is 4.98 Å². The summed E-state index contributed by atoms with van der Waals surface area (Å²) < 4.78 is 18.3. The van der Waals surface area contributed by atoms with Crippen molar-refractivity contribution in [3.05, 3.63) is 48.0 Å². The van der Waals surface area contributed by atoms with Gasteiger partial charge in [0, 0.05) is 17.3 Å². The van der Waals surface area contributed by atoms with Crippen LogP contribution in [0, 0.1) is 5.82 Å². The molecule has 3 nitrogen and oxygen atoms in total. The van der Waals surface area contributed by atoms with E-state index in [9.17, 15) is 9.50 Å². The molecule has 4 heteroatoms. The minimum Gasteiger partial charge on any atom is -0.495 e. The Balaban J connectivity index is 2.59. The lowest BCUT2D eigenvalue weighted by Gasteiger charge is -2.11. The van der Waals surface area contributed by atoms with Gasteiger partial charge in [-0.2, -0.15) is 0 Å². The third-order valence-electron chi connectivity index (χ3n) is 2.53. The predicted molar refractivity (Wildman–Crippen MR) is 62.1 cm³/mol. The van der Waals surface area contributed by atoms with Gasteiger partial charge in [-0.1, -0.05) is 12.1 Å². The van der Waals surface area contributed by atoms with Gasteiger partial charge in [0.1, 0.15) is 11.6 Å². The van der Waals surface area contributed by atoms with Crippen LogP contribution in [-0.4, -0.2) is 17.2 Å². The topological polar surface area (TPSA) is 42.4 Å². The average Bonchev–Trinajstić information content (AvgIpc) is 2.37. The quantitative estimate of drug-likeness (QED) is 0.885. The Kier molecular flexibility index (Phi) is 3.35. The molecule has 0 saturated heterocycles. The number of ether oxygens (including phenoxy) is 1. The molecule has 2 aromatic rings. The minimum atomic E-state index is -0.325. The Labute approximate surface area is 98.5 Å². The fraction of sp³-hybridized carbons (Fsp3) is 0.154. The standard InChI is InChI=1S/C13H12FNO2/c1-17-13-7-15-6-11(12(13)8-16)9-3-2-4-10(14)5-9/h2-7,16H,8H2,1H3. The van der Waals surface area contributed by atoms with Crippen LogP contribution in [0.15, 0.2) is 36.7 Å². The maximum atomic E-state index is 13.2. The van der Waals surface area contributed by atoms with Gasteiger partial charge in [-0.15, -0.1) is 0 Å². The van der Waals surface area contributed by atoms with Crippen LogP contribution in [0.25, 0.3) is 11.1 Å². The van der Waals surface area contributed by atoms with Crippen molar-refractivity contribution in [1.29, 1.82) is 0 Å². The molecule has 0 saturated carbocycles. The van der Waals surface area contributed by atoms with Gasteiger partial charge in [-0.05, 0) is 17.7 Å². The summed E-state index contributed by atoms with van der Waals surface area (Å²) in [5.74, 6) is 0.170. The Morgan fingerprint density at radius 3 is 2.82 bits per heavy atom. The number of hydrogen-bond acceptors (Lipinski definition) is 3. The van der Waals surface area contributed by atoms with E-state index in [2.05, 4.69) is 4.98 Å². The molecule has 1 N–H and O–H groups in total. The first-order valence-electron chi connectivity index (χ1n) is 5.14. The van der Waals surface area contributed by atoms with Crippen molar-refractivity contribution in [2.24, 2.45) is 0 Å². The third-order valence-corrected chi connectivity index (χ3v) is 2.53. The number of aliphatic hydroxyl groups is 1. The van der Waals surface area contributed by atoms with Gasteiger partial charge in [0.25, 0.3) is 0 Å². The van der Waals surface area contributed by atoms with Gasteiger partial charge in [-0.3, -0.25) is 4.98 Å². The second kappa shape index (κ2) is 4.93. The summed E-state index contributed by atoms with van der Waals surface area (Å²) >= 11 is 0. The summed E-state index contributed by atoms with van der Waals surface area (Å²) in [6.45, 7) is -0.183. The van der Waals surface area contributed by atoms with Crippen molar-refractivity contribution in [3.63, 3.8) is 0 Å². The van der Waals surface area contributed by atoms with Crippen LogP contribution in [0.1, 0.15) is 5.56 Å². The molecule has 2 rings (SSSR count). The van der Waals surface area contributed by atoms with E-state index in [4.69, 9.17) is 4.74 Å². The maximum Gasteiger partial charge on any atom is 0.143 e. The van der Waals surface area contributed by atoms with E-state index in [0.29, 0.717) is 22.4 Å². The molecular weight excluding hydrogens is 221 g/mol. The molecular formula is C13H12FNO2. The summed E-state index contributed by atoms with van der Waals surface area (Å²) in [4.78, 5) is 4.01. The van der Waals surface area contributed by atoms with Gasteiger partial charge in [0.05, 0.1) is 19.9 Å². The molecule has 0 aliphatic rings. The lowest BCUT2D eigenvalue weighted by atomic mass is 10.0. The van der Waals surface area contributed by atoms with Gasteiger partial charge in [-0.25, -0.2) is 4.39 Å². The number of methoxy groups -OCH3 is 1. The number of benzene rings is 1. The van der Waals surface area contributed by atoms with Gasteiger partial charge >= 0.3 is 0 Å². The van der Waals surface area contributed by atoms with Gasteiger partial charge < -0.3 is 9.84 Å². The van der Waals surface area contributed by atoms with E-state index in [1.165, 1.54) is 25.4 Å². The largest absolute Gasteiger partial charge is 0.495 e. The highest BCUT2D eigenvalue weighted by molar-refractivity contribution is 5.68. The number of halogens is 1. The van der Waals surface area contributed by atoms with E-state index < -0.39 is 0 Å². The lowest BCUT2D eigenvalue weighted by molar-refractivity contribution is 0.274. The number of rotatable bonds is 3. The SMILES string of the molecule is COc1cncc(-c2cccc(F)c2)c1CO. The number of pyridine rings is 1. The first-order valence-corrected chi connectivity index (χ1v) is 5.14. The van der Waals surface area contributed by atoms with Crippen molar-refractivity contribution < 1.29 is 14.2 Å². The van der Waals surface area contributed by atoms with Crippen LogP contribution in [0.2, 0.25) is 0 Å². The van der Waals surface area contributed by atoms with Crippen LogP contribution < -0.4 is 4.74 Å². The molecule has 17 heavy (non-hydrogen) atoms. The van der Waals surface area contributed by atoms with Gasteiger partial charge in [0.2, 0.25) is 0 Å². The van der Waals surface area contributed by atoms with E-state index in [0.717, 1.165) is 0 Å². The van der Waals surface area contributed by atoms with E-state index in [1.807, 2.05) is 0 Å². The Bertz CT molecular complexity index is 529. The minimum absolute atomic E-state index is 0.183. The summed E-state index contributed by atoms with van der Waals surface area (Å²) in [5, 5.41) is 9.36. The zero-order valence-corrected chi connectivity index (χ0v) is 9.35. The highest BCUT2D eigenvalue weighted by Crippen LogP contribution is 2.29. The van der Waals surface area contributed by atoms with Crippen molar-refractivity contribution in [2.45, 2.75) is 6.61 Å². The molecule has 0 amide bonds. The highest BCUT2D eigenvalue weighted by atomic mass is 19.1. The second-order valence-electron chi connectivity index (χ2n) is 3.54. The van der Waals surface area contributed by atoms with Crippen molar-refractivity contribution in [3.8, 4) is 16.9 Å². The molecule has 0 radical (unpaired) electrons. The van der Waals surface area contributed by atoms with Crippen LogP contribution in [0.3, 0.4) is 0 Å². The number of aliphatic hydroxyl groups excluding tert-OH is 1. The first kappa shape index (κ1) is 11.5. The lowest BCUT2D eigenvalue weighted by Crippen LogP contribution is -1.97. The van der Waals surface area contributed by atoms with E-state index in [1.54, 1.807) is 18.3 Å². The fourth-order valence-corrected chi connectivity index (χ4v) is 1.71. The average molecular weight is 233 g/mol. The predicted octanol–water partition coefficient (Wildman–Crippen LogP) is 2.39. The zero-order valence-electron chi connectivity index (χ0n) is 9.35. The first-order chi connectivity index (χ1) is 8.26. The van der Waals surface area contributed by atoms with Crippen molar-refractivity contribution in [2.75, 3.05) is 7.11 Å². The molecule has 1 aromatic carbocycles. The Morgan fingerprint density at radius 2 is 2.18 bits per heavy atom. The molecule has 88 valence electrons. The molecule has 0 spiro atoms. The monoisotopic (exact) mass is 233 g/mol. The van der Waals surface area contributed by atoms with Gasteiger partial charge in [0.15, 0.2) is 0 Å². The summed E-state index contributed by atoms with van der Waals surface area (Å²) in [6, 6.07) is 6.15. The maximum absolute atomic E-state index is 13.2. The molecule has 1 heterocycles. The normalized spacial score (nSPS) is 10.3. The molecule has 1 aromatic heterocycles. The van der Waals surface area contributed by atoms with Crippen LogP contribution >= 0.6 is 0 Å². The second-order valence-corrected chi connectivity index (χ2v) is 3.54. The molecule has 0 fully saturated rings. The molecule has 0 bridgehead atoms. The fourth-order valence-electron chi connectivity index (χ4n) is 1.71. The molecule has 0 aliphatic carbocycles. The molecule has 0 unspecified atom stereocenters. The zero-order chi connectivity index (χ0) is 12.3. The summed E-state index contributed by atoms with van der Waals surface area (Å²) in [5.41, 5.74) is 1.94. The summed E-state index contributed by atoms with van der Waals surface area (Å²) in [6.07, 6.45) is 3.11.